The lowest BCUT2D eigenvalue weighted by Crippen LogP contribution is -2.45. The predicted molar refractivity (Wildman–Crippen MR) is 120 cm³/mol. The van der Waals surface area contributed by atoms with E-state index in [4.69, 9.17) is 0 Å². The number of nitrogens with one attached hydrogen (secondary N) is 2. The van der Waals surface area contributed by atoms with Gasteiger partial charge in [0.05, 0.1) is 23.2 Å². The Morgan fingerprint density at radius 2 is 1.73 bits per heavy atom. The second kappa shape index (κ2) is 9.58. The SMILES string of the molecule is C=CCNC(=O)c1ccccc1NC(=O)[C@H](C)N(c1cc(C)cc(C)c1)S(C)(=O)=O. The van der Waals surface area contributed by atoms with Crippen LogP contribution in [0.5, 0.6) is 0 Å². The average Bonchev–Trinajstić information content (AvgIpc) is 2.64. The second-order valence-electron chi connectivity index (χ2n) is 7.11. The fourth-order valence-electron chi connectivity index (χ4n) is 3.17. The third-order valence-corrected chi connectivity index (χ3v) is 5.63. The minimum atomic E-state index is -3.74. The Bertz CT molecular complexity index is 1040. The maximum absolute atomic E-state index is 13.0. The number of aryl methyl sites for hydroxylation is 2. The van der Waals surface area contributed by atoms with Crippen LogP contribution in [0.3, 0.4) is 0 Å². The molecule has 0 aliphatic carbocycles. The summed E-state index contributed by atoms with van der Waals surface area (Å²) >= 11 is 0. The maximum Gasteiger partial charge on any atom is 0.253 e. The zero-order chi connectivity index (χ0) is 22.5. The van der Waals surface area contributed by atoms with Crippen LogP contribution in [0.25, 0.3) is 0 Å². The summed E-state index contributed by atoms with van der Waals surface area (Å²) in [5.41, 5.74) is 2.75. The van der Waals surface area contributed by atoms with Crippen LogP contribution in [0.1, 0.15) is 28.4 Å². The van der Waals surface area contributed by atoms with Crippen LogP contribution in [0.4, 0.5) is 11.4 Å². The summed E-state index contributed by atoms with van der Waals surface area (Å²) in [6.45, 7) is 9.07. The minimum Gasteiger partial charge on any atom is -0.349 e. The van der Waals surface area contributed by atoms with Crippen molar-refractivity contribution in [3.05, 3.63) is 71.8 Å². The largest absolute Gasteiger partial charge is 0.349 e. The van der Waals surface area contributed by atoms with E-state index in [-0.39, 0.29) is 18.0 Å². The lowest BCUT2D eigenvalue weighted by molar-refractivity contribution is -0.116. The van der Waals surface area contributed by atoms with Crippen molar-refractivity contribution in [3.8, 4) is 0 Å². The van der Waals surface area contributed by atoms with Gasteiger partial charge in [0, 0.05) is 6.54 Å². The lowest BCUT2D eigenvalue weighted by Gasteiger charge is -2.29. The number of para-hydroxylation sites is 1. The molecule has 0 aliphatic rings. The Hall–Kier alpha value is -3.13. The van der Waals surface area contributed by atoms with Gasteiger partial charge in [-0.15, -0.1) is 6.58 Å². The number of carbonyl (C=O) groups is 2. The molecule has 160 valence electrons. The van der Waals surface area contributed by atoms with E-state index < -0.39 is 22.0 Å². The number of hydrogen-bond acceptors (Lipinski definition) is 4. The van der Waals surface area contributed by atoms with E-state index in [0.717, 1.165) is 21.7 Å². The molecule has 8 heteroatoms. The summed E-state index contributed by atoms with van der Waals surface area (Å²) in [4.78, 5) is 25.3. The van der Waals surface area contributed by atoms with Crippen molar-refractivity contribution in [1.29, 1.82) is 0 Å². The van der Waals surface area contributed by atoms with Crippen LogP contribution in [0, 0.1) is 13.8 Å². The van der Waals surface area contributed by atoms with Gasteiger partial charge in [-0.05, 0) is 56.2 Å². The fraction of sp³-hybridized carbons (Fsp3) is 0.273. The Labute approximate surface area is 177 Å². The first-order valence-corrected chi connectivity index (χ1v) is 11.3. The monoisotopic (exact) mass is 429 g/mol. The van der Waals surface area contributed by atoms with E-state index in [1.54, 1.807) is 42.5 Å². The lowest BCUT2D eigenvalue weighted by atomic mass is 10.1. The predicted octanol–water partition coefficient (Wildman–Crippen LogP) is 3.01. The molecule has 2 amide bonds. The highest BCUT2D eigenvalue weighted by Crippen LogP contribution is 2.25. The van der Waals surface area contributed by atoms with Crippen LogP contribution >= 0.6 is 0 Å². The molecule has 0 radical (unpaired) electrons. The number of benzene rings is 2. The Kier molecular flexibility index (Phi) is 7.39. The standard InChI is InChI=1S/C22H27N3O4S/c1-6-11-23-22(27)19-9-7-8-10-20(19)24-21(26)17(4)25(30(5,28)29)18-13-15(2)12-16(3)14-18/h6-10,12-14,17H,1,11H2,2-5H3,(H,23,27)(H,24,26)/t17-/m0/s1. The molecule has 0 spiro atoms. The molecule has 0 fully saturated rings. The van der Waals surface area contributed by atoms with Crippen molar-refractivity contribution in [2.45, 2.75) is 26.8 Å². The third kappa shape index (κ3) is 5.70. The molecule has 0 bridgehead atoms. The van der Waals surface area contributed by atoms with Crippen LogP contribution in [-0.2, 0) is 14.8 Å². The third-order valence-electron chi connectivity index (χ3n) is 4.39. The van der Waals surface area contributed by atoms with E-state index in [2.05, 4.69) is 17.2 Å². The second-order valence-corrected chi connectivity index (χ2v) is 8.97. The van der Waals surface area contributed by atoms with Gasteiger partial charge in [-0.2, -0.15) is 0 Å². The highest BCUT2D eigenvalue weighted by molar-refractivity contribution is 7.92. The van der Waals surface area contributed by atoms with E-state index in [0.29, 0.717) is 11.4 Å². The summed E-state index contributed by atoms with van der Waals surface area (Å²) in [5, 5.41) is 5.35. The molecule has 7 nitrogen and oxygen atoms in total. The van der Waals surface area contributed by atoms with Gasteiger partial charge < -0.3 is 10.6 Å². The van der Waals surface area contributed by atoms with Crippen molar-refractivity contribution < 1.29 is 18.0 Å². The summed E-state index contributed by atoms with van der Waals surface area (Å²) in [7, 11) is -3.74. The van der Waals surface area contributed by atoms with E-state index in [9.17, 15) is 18.0 Å². The summed E-state index contributed by atoms with van der Waals surface area (Å²) in [6, 6.07) is 10.9. The smallest absolute Gasteiger partial charge is 0.253 e. The van der Waals surface area contributed by atoms with Crippen molar-refractivity contribution in [1.82, 2.24) is 5.32 Å². The van der Waals surface area contributed by atoms with E-state index >= 15 is 0 Å². The number of carbonyl (C=O) groups excluding carboxylic acids is 2. The van der Waals surface area contributed by atoms with Gasteiger partial charge in [-0.3, -0.25) is 13.9 Å². The number of sulfonamides is 1. The first kappa shape index (κ1) is 23.2. The van der Waals surface area contributed by atoms with Gasteiger partial charge in [0.1, 0.15) is 6.04 Å². The molecule has 2 aromatic rings. The molecule has 2 aromatic carbocycles. The molecule has 0 saturated carbocycles. The Balaban J connectivity index is 2.35. The Morgan fingerprint density at radius 1 is 1.13 bits per heavy atom. The van der Waals surface area contributed by atoms with Crippen LogP contribution < -0.4 is 14.9 Å². The normalized spacial score (nSPS) is 12.0. The molecule has 30 heavy (non-hydrogen) atoms. The highest BCUT2D eigenvalue weighted by atomic mass is 32.2. The first-order valence-electron chi connectivity index (χ1n) is 9.41. The number of amides is 2. The molecule has 2 rings (SSSR count). The maximum atomic E-state index is 13.0. The summed E-state index contributed by atoms with van der Waals surface area (Å²) < 4.78 is 26.1. The summed E-state index contributed by atoms with van der Waals surface area (Å²) in [6.07, 6.45) is 2.61. The molecule has 2 N–H and O–H groups in total. The number of rotatable bonds is 8. The molecule has 1 atom stereocenters. The van der Waals surface area contributed by atoms with E-state index in [1.807, 2.05) is 19.9 Å². The van der Waals surface area contributed by atoms with Crippen molar-refractivity contribution in [2.24, 2.45) is 0 Å². The van der Waals surface area contributed by atoms with Gasteiger partial charge in [-0.25, -0.2) is 8.42 Å². The van der Waals surface area contributed by atoms with Crippen LogP contribution in [0.15, 0.2) is 55.1 Å². The van der Waals surface area contributed by atoms with E-state index in [1.165, 1.54) is 6.92 Å². The number of hydrogen-bond donors (Lipinski definition) is 2. The van der Waals surface area contributed by atoms with Gasteiger partial charge in [0.25, 0.3) is 5.91 Å². The average molecular weight is 430 g/mol. The fourth-order valence-corrected chi connectivity index (χ4v) is 4.33. The molecule has 0 saturated heterocycles. The molecule has 0 aliphatic heterocycles. The number of anilines is 2. The van der Waals surface area contributed by atoms with Gasteiger partial charge in [-0.1, -0.05) is 24.3 Å². The molecule has 0 unspecified atom stereocenters. The van der Waals surface area contributed by atoms with Gasteiger partial charge >= 0.3 is 0 Å². The molecular weight excluding hydrogens is 402 g/mol. The Morgan fingerprint density at radius 3 is 2.30 bits per heavy atom. The zero-order valence-electron chi connectivity index (χ0n) is 17.6. The van der Waals surface area contributed by atoms with Crippen molar-refractivity contribution in [2.75, 3.05) is 22.4 Å². The first-order chi connectivity index (χ1) is 14.0. The van der Waals surface area contributed by atoms with Gasteiger partial charge in [0.2, 0.25) is 15.9 Å². The van der Waals surface area contributed by atoms with Crippen molar-refractivity contribution >= 4 is 33.2 Å². The van der Waals surface area contributed by atoms with Crippen molar-refractivity contribution in [3.63, 3.8) is 0 Å². The summed E-state index contributed by atoms with van der Waals surface area (Å²) in [5.74, 6) is -0.920. The topological polar surface area (TPSA) is 95.6 Å². The quantitative estimate of drug-likeness (QED) is 0.631. The molecule has 0 heterocycles. The highest BCUT2D eigenvalue weighted by Gasteiger charge is 2.30. The molecule has 0 aromatic heterocycles. The number of nitrogens with zero attached hydrogens (tertiary/aromatic N) is 1. The van der Waals surface area contributed by atoms with Gasteiger partial charge in [0.15, 0.2) is 0 Å². The zero-order valence-corrected chi connectivity index (χ0v) is 18.4. The van der Waals surface area contributed by atoms with Crippen LogP contribution in [-0.4, -0.2) is 39.1 Å². The minimum absolute atomic E-state index is 0.275. The molecular formula is C22H27N3O4S. The van der Waals surface area contributed by atoms with Crippen LogP contribution in [0.2, 0.25) is 0 Å².